The number of fused-ring (bicyclic) bond motifs is 1. The number of ether oxygens (including phenoxy) is 1. The van der Waals surface area contributed by atoms with Gasteiger partial charge in [0.15, 0.2) is 0 Å². The van der Waals surface area contributed by atoms with E-state index in [2.05, 4.69) is 5.11 Å². The first-order valence-corrected chi connectivity index (χ1v) is 5.92. The summed E-state index contributed by atoms with van der Waals surface area (Å²) in [6.45, 7) is -2.97. The van der Waals surface area contributed by atoms with Crippen LogP contribution in [0.4, 0.5) is 0 Å². The minimum Gasteiger partial charge on any atom is -0.490 e. The van der Waals surface area contributed by atoms with E-state index in [1.807, 2.05) is 30.3 Å². The lowest BCUT2D eigenvalue weighted by molar-refractivity contribution is 0.105. The van der Waals surface area contributed by atoms with Crippen molar-refractivity contribution in [3.63, 3.8) is 0 Å². The highest BCUT2D eigenvalue weighted by molar-refractivity contribution is 5.88. The van der Waals surface area contributed by atoms with Gasteiger partial charge in [0.25, 0.3) is 0 Å². The fourth-order valence-corrected chi connectivity index (χ4v) is 1.65. The van der Waals surface area contributed by atoms with Crippen molar-refractivity contribution in [1.29, 1.82) is 1.43 Å². The molecule has 0 aromatic heterocycles. The average molecular weight is 266 g/mol. The summed E-state index contributed by atoms with van der Waals surface area (Å²) < 4.78 is 60.1. The van der Waals surface area contributed by atoms with Gasteiger partial charge in [0.1, 0.15) is 19.8 Å². The Morgan fingerprint density at radius 1 is 1.47 bits per heavy atom. The minimum absolute atomic E-state index is 0.168. The van der Waals surface area contributed by atoms with Crippen LogP contribution in [0.5, 0.6) is 5.75 Å². The lowest BCUT2D eigenvalue weighted by atomic mass is 10.1. The third-order valence-corrected chi connectivity index (χ3v) is 2.48. The molecule has 0 bridgehead atoms. The molecule has 2 atom stereocenters. The summed E-state index contributed by atoms with van der Waals surface area (Å²) in [7, 11) is 0. The summed E-state index contributed by atoms with van der Waals surface area (Å²) >= 11 is 0. The topological polar surface area (TPSA) is 41.5 Å². The fourth-order valence-electron chi connectivity index (χ4n) is 1.65. The fraction of sp³-hybridized carbons (Fsp3) is 0.375. The van der Waals surface area contributed by atoms with Crippen molar-refractivity contribution in [2.45, 2.75) is 25.9 Å². The molecule has 0 amide bonds. The number of hydrogen-bond donors (Lipinski definition) is 2. The molecule has 0 aliphatic rings. The zero-order valence-electron chi connectivity index (χ0n) is 17.7. The Morgan fingerprint density at radius 3 is 3.16 bits per heavy atom. The number of hydrogen-bond acceptors (Lipinski definition) is 3. The molecule has 0 saturated carbocycles. The van der Waals surface area contributed by atoms with Crippen LogP contribution < -0.4 is 10.0 Å². The molecule has 102 valence electrons. The van der Waals surface area contributed by atoms with Gasteiger partial charge >= 0.3 is 0 Å². The van der Waals surface area contributed by atoms with E-state index in [0.717, 1.165) is 10.8 Å². The molecule has 0 aliphatic heterocycles. The first kappa shape index (κ1) is 7.27. The third kappa shape index (κ3) is 3.94. The normalized spacial score (nSPS) is 23.8. The van der Waals surface area contributed by atoms with Gasteiger partial charge in [-0.15, -0.1) is 0 Å². The van der Waals surface area contributed by atoms with Crippen LogP contribution in [0.15, 0.2) is 42.5 Å². The van der Waals surface area contributed by atoms with Gasteiger partial charge in [-0.2, -0.15) is 0 Å². The van der Waals surface area contributed by atoms with Gasteiger partial charge in [-0.3, -0.25) is 0 Å². The van der Waals surface area contributed by atoms with Gasteiger partial charge in [-0.1, -0.05) is 50.2 Å². The molecule has 0 saturated heterocycles. The zero-order chi connectivity index (χ0) is 19.6. The highest BCUT2D eigenvalue weighted by Gasteiger charge is 2.07. The van der Waals surface area contributed by atoms with Crippen molar-refractivity contribution in [2.75, 3.05) is 13.1 Å². The monoisotopic (exact) mass is 266 g/mol. The second-order valence-corrected chi connectivity index (χ2v) is 4.15. The average Bonchev–Trinajstić information content (AvgIpc) is 2.65. The Kier molecular flexibility index (Phi) is 2.50. The van der Waals surface area contributed by atoms with Crippen LogP contribution in [0.3, 0.4) is 0 Å². The molecule has 0 spiro atoms. The number of benzene rings is 2. The molecule has 2 unspecified atom stereocenters. The second-order valence-electron chi connectivity index (χ2n) is 4.15. The van der Waals surface area contributed by atoms with Crippen molar-refractivity contribution in [1.82, 2.24) is 5.31 Å². The van der Waals surface area contributed by atoms with Crippen LogP contribution in [-0.4, -0.2) is 31.7 Å². The molecular formula is C16H21NO2. The molecule has 0 radical (unpaired) electrons. The van der Waals surface area contributed by atoms with E-state index in [1.165, 1.54) is 6.92 Å². The lowest BCUT2D eigenvalue weighted by Gasteiger charge is -2.15. The molecule has 3 heteroatoms. The zero-order valence-corrected chi connectivity index (χ0v) is 10.7. The maximum absolute atomic E-state index is 8.20. The Balaban J connectivity index is 2.29. The summed E-state index contributed by atoms with van der Waals surface area (Å²) in [6, 6.07) is 10.7. The number of rotatable bonds is 7. The van der Waals surface area contributed by atoms with Crippen molar-refractivity contribution >= 4 is 10.8 Å². The molecule has 2 N–H and O–H groups in total. The van der Waals surface area contributed by atoms with Gasteiger partial charge in [0, 0.05) is 23.4 Å². The van der Waals surface area contributed by atoms with Gasteiger partial charge in [-0.25, -0.2) is 0 Å². The van der Waals surface area contributed by atoms with Crippen LogP contribution in [0.2, 0.25) is 1.41 Å². The predicted octanol–water partition coefficient (Wildman–Crippen LogP) is 2.58. The first-order chi connectivity index (χ1) is 12.1. The standard InChI is InChI=1S/C16H21NO2/c1-12(2)17-10-14(18)11-19-16-9-5-7-13-6-3-4-8-15(13)16/h3-9,12,14,17-18H,10-11H2,1-2H3/i1D,10D2,12D,14D,18D/hD. The third-order valence-electron chi connectivity index (χ3n) is 2.48. The molecule has 2 aromatic rings. The summed E-state index contributed by atoms with van der Waals surface area (Å²) in [5.74, 6) is 0.387. The maximum Gasteiger partial charge on any atom is 0.211 e. The van der Waals surface area contributed by atoms with Crippen molar-refractivity contribution in [2.24, 2.45) is 0 Å². The molecule has 0 aliphatic carbocycles. The largest absolute Gasteiger partial charge is 0.490 e. The smallest absolute Gasteiger partial charge is 0.211 e. The highest BCUT2D eigenvalue weighted by Crippen LogP contribution is 2.25. The molecule has 0 heterocycles. The minimum atomic E-state index is -2.88. The summed E-state index contributed by atoms with van der Waals surface area (Å²) in [5.41, 5.74) is 0. The lowest BCUT2D eigenvalue weighted by Crippen LogP contribution is -2.35. The van der Waals surface area contributed by atoms with E-state index >= 15 is 0 Å². The highest BCUT2D eigenvalue weighted by atomic mass is 16.5. The summed E-state index contributed by atoms with van der Waals surface area (Å²) in [6.07, 6.45) is -2.61. The van der Waals surface area contributed by atoms with Crippen molar-refractivity contribution < 1.29 is 18.1 Å². The molecule has 0 fully saturated rings. The number of aliphatic hydroxyl groups is 1. The molecule has 2 aromatic carbocycles. The summed E-state index contributed by atoms with van der Waals surface area (Å²) in [5, 5.41) is 6.12. The van der Waals surface area contributed by atoms with Crippen LogP contribution >= 0.6 is 0 Å². The summed E-state index contributed by atoms with van der Waals surface area (Å²) in [4.78, 5) is 0. The van der Waals surface area contributed by atoms with Gasteiger partial charge in [0.2, 0.25) is 1.43 Å². The SMILES string of the molecule is [2H]CC([2H])(C)N([2H])C([2H])([2H])C([2H])(COc1cccc2ccccc12)O[2H]. The molecule has 19 heavy (non-hydrogen) atoms. The number of nitrogens with one attached hydrogen (secondary N) is 1. The van der Waals surface area contributed by atoms with Crippen LogP contribution in [0.1, 0.15) is 20.7 Å². The van der Waals surface area contributed by atoms with Crippen molar-refractivity contribution in [3.05, 3.63) is 42.5 Å². The van der Waals surface area contributed by atoms with Crippen LogP contribution in [0.25, 0.3) is 10.8 Å². The first-order valence-electron chi connectivity index (χ1n) is 9.49. The van der Waals surface area contributed by atoms with E-state index in [4.69, 9.17) is 14.4 Å². The van der Waals surface area contributed by atoms with E-state index < -0.39 is 32.1 Å². The quantitative estimate of drug-likeness (QED) is 0.809. The Morgan fingerprint density at radius 2 is 2.32 bits per heavy atom. The van der Waals surface area contributed by atoms with Gasteiger partial charge < -0.3 is 15.2 Å². The van der Waals surface area contributed by atoms with E-state index in [1.54, 1.807) is 12.1 Å². The predicted molar refractivity (Wildman–Crippen MR) is 78.6 cm³/mol. The van der Waals surface area contributed by atoms with Gasteiger partial charge in [0.05, 0.1) is 1.37 Å². The van der Waals surface area contributed by atoms with Crippen molar-refractivity contribution in [3.8, 4) is 5.75 Å². The maximum atomic E-state index is 8.20. The Hall–Kier alpha value is -1.58. The Bertz CT molecular complexity index is 753. The Labute approximate surface area is 124 Å². The molecule has 3 nitrogen and oxygen atoms in total. The van der Waals surface area contributed by atoms with E-state index in [-0.39, 0.29) is 5.31 Å². The molecule has 2 rings (SSSR count). The molecular weight excluding hydrogens is 238 g/mol. The second kappa shape index (κ2) is 6.55. The van der Waals surface area contributed by atoms with Gasteiger partial charge in [-0.05, 0) is 11.5 Å². The van der Waals surface area contributed by atoms with E-state index in [9.17, 15) is 0 Å². The van der Waals surface area contributed by atoms with Crippen LogP contribution in [-0.2, 0) is 0 Å². The van der Waals surface area contributed by atoms with Crippen LogP contribution in [0, 0.1) is 0 Å². The van der Waals surface area contributed by atoms with E-state index in [0.29, 0.717) is 5.75 Å².